The maximum absolute atomic E-state index is 13.3. The van der Waals surface area contributed by atoms with Crippen LogP contribution in [0.15, 0.2) is 23.1 Å². The van der Waals surface area contributed by atoms with Crippen LogP contribution in [-0.4, -0.2) is 41.1 Å². The van der Waals surface area contributed by atoms with Crippen LogP contribution in [0.25, 0.3) is 11.4 Å². The third-order valence-corrected chi connectivity index (χ3v) is 4.32. The molecule has 0 aromatic carbocycles. The molecule has 0 radical (unpaired) electrons. The summed E-state index contributed by atoms with van der Waals surface area (Å²) < 4.78 is 13.3. The van der Waals surface area contributed by atoms with Crippen molar-refractivity contribution in [3.8, 4) is 11.4 Å². The molecule has 1 atom stereocenters. The molecule has 1 fully saturated rings. The van der Waals surface area contributed by atoms with Gasteiger partial charge in [-0.25, -0.2) is 9.97 Å². The van der Waals surface area contributed by atoms with Crippen LogP contribution in [0, 0.1) is 5.95 Å². The molecule has 2 aromatic heterocycles. The van der Waals surface area contributed by atoms with Crippen LogP contribution in [0.5, 0.6) is 0 Å². The molecule has 1 saturated heterocycles. The summed E-state index contributed by atoms with van der Waals surface area (Å²) in [6.07, 6.45) is 3.38. The second-order valence-electron chi connectivity index (χ2n) is 5.49. The van der Waals surface area contributed by atoms with Gasteiger partial charge in [-0.05, 0) is 26.0 Å². The van der Waals surface area contributed by atoms with Crippen LogP contribution in [0.3, 0.4) is 0 Å². The second-order valence-corrected chi connectivity index (χ2v) is 5.87. The van der Waals surface area contributed by atoms with Gasteiger partial charge in [0.1, 0.15) is 10.8 Å². The fraction of sp³-hybridized carbons (Fsp3) is 0.400. The number of likely N-dealkylation sites (N-methyl/N-ethyl adjacent to an activating group) is 1. The highest BCUT2D eigenvalue weighted by Gasteiger charge is 2.23. The van der Waals surface area contributed by atoms with Gasteiger partial charge in [-0.2, -0.15) is 4.39 Å². The van der Waals surface area contributed by atoms with Crippen molar-refractivity contribution < 1.29 is 4.39 Å². The van der Waals surface area contributed by atoms with Gasteiger partial charge in [0, 0.05) is 37.0 Å². The zero-order chi connectivity index (χ0) is 16.4. The monoisotopic (exact) mass is 337 g/mol. The van der Waals surface area contributed by atoms with E-state index in [1.54, 1.807) is 6.07 Å². The molecule has 0 bridgehead atoms. The maximum atomic E-state index is 13.3. The van der Waals surface area contributed by atoms with Crippen LogP contribution >= 0.6 is 11.6 Å². The van der Waals surface area contributed by atoms with Crippen LogP contribution in [-0.2, 0) is 0 Å². The molecular formula is C15H17ClFN5O. The number of hydrogen-bond acceptors (Lipinski definition) is 5. The summed E-state index contributed by atoms with van der Waals surface area (Å²) in [6.45, 7) is 1.50. The molecule has 3 rings (SSSR count). The minimum absolute atomic E-state index is 0.0556. The number of nitrogens with zero attached hydrogens (tertiary/aromatic N) is 3. The number of H-pyrrole nitrogens is 1. The third-order valence-electron chi connectivity index (χ3n) is 3.97. The van der Waals surface area contributed by atoms with E-state index < -0.39 is 11.5 Å². The zero-order valence-corrected chi connectivity index (χ0v) is 13.4. The fourth-order valence-electron chi connectivity index (χ4n) is 2.75. The minimum atomic E-state index is -0.630. The standard InChI is InChI=1S/C15H17ClFN5O/c1-18-10-3-2-6-22(8-10)14-12(16)15(23)21-13(20-14)9-4-5-19-11(17)7-9/h4-5,7,10,18H,2-3,6,8H2,1H3,(H,20,21,23)/t10-/m1/s1. The van der Waals surface area contributed by atoms with Gasteiger partial charge in [0.2, 0.25) is 5.95 Å². The van der Waals surface area contributed by atoms with Gasteiger partial charge in [-0.1, -0.05) is 11.6 Å². The summed E-state index contributed by atoms with van der Waals surface area (Å²) in [7, 11) is 1.91. The molecule has 23 heavy (non-hydrogen) atoms. The van der Waals surface area contributed by atoms with Gasteiger partial charge in [-0.15, -0.1) is 0 Å². The van der Waals surface area contributed by atoms with Crippen LogP contribution in [0.2, 0.25) is 5.02 Å². The maximum Gasteiger partial charge on any atom is 0.272 e. The van der Waals surface area contributed by atoms with Crippen molar-refractivity contribution in [1.29, 1.82) is 0 Å². The second kappa shape index (κ2) is 6.64. The van der Waals surface area contributed by atoms with E-state index in [1.165, 1.54) is 12.3 Å². The van der Waals surface area contributed by atoms with E-state index in [-0.39, 0.29) is 10.8 Å². The summed E-state index contributed by atoms with van der Waals surface area (Å²) in [6, 6.07) is 3.14. The molecule has 6 nitrogen and oxygen atoms in total. The topological polar surface area (TPSA) is 73.9 Å². The SMILES string of the molecule is CN[C@@H]1CCCN(c2nc(-c3ccnc(F)c3)[nH]c(=O)c2Cl)C1. The van der Waals surface area contributed by atoms with Crippen molar-refractivity contribution in [3.63, 3.8) is 0 Å². The number of piperidine rings is 1. The van der Waals surface area contributed by atoms with Crippen LogP contribution in [0.1, 0.15) is 12.8 Å². The van der Waals surface area contributed by atoms with Crippen LogP contribution in [0.4, 0.5) is 10.2 Å². The van der Waals surface area contributed by atoms with E-state index in [0.29, 0.717) is 17.4 Å². The number of rotatable bonds is 3. The molecule has 0 unspecified atom stereocenters. The van der Waals surface area contributed by atoms with Gasteiger partial charge < -0.3 is 15.2 Å². The smallest absolute Gasteiger partial charge is 0.272 e. The number of aromatic nitrogens is 3. The first-order valence-corrected chi connectivity index (χ1v) is 7.80. The number of pyridine rings is 1. The molecule has 1 aliphatic heterocycles. The molecule has 122 valence electrons. The minimum Gasteiger partial charge on any atom is -0.354 e. The molecule has 8 heteroatoms. The van der Waals surface area contributed by atoms with E-state index in [0.717, 1.165) is 25.9 Å². The molecule has 0 saturated carbocycles. The van der Waals surface area contributed by atoms with E-state index >= 15 is 0 Å². The number of halogens is 2. The van der Waals surface area contributed by atoms with Crippen molar-refractivity contribution >= 4 is 17.4 Å². The van der Waals surface area contributed by atoms with Crippen molar-refractivity contribution in [2.45, 2.75) is 18.9 Å². The number of anilines is 1. The van der Waals surface area contributed by atoms with E-state index in [9.17, 15) is 9.18 Å². The number of hydrogen-bond donors (Lipinski definition) is 2. The Hall–Kier alpha value is -1.99. The molecule has 0 amide bonds. The lowest BCUT2D eigenvalue weighted by atomic mass is 10.1. The van der Waals surface area contributed by atoms with Gasteiger partial charge in [-0.3, -0.25) is 4.79 Å². The molecular weight excluding hydrogens is 321 g/mol. The molecule has 0 spiro atoms. The van der Waals surface area contributed by atoms with Gasteiger partial charge in [0.25, 0.3) is 5.56 Å². The molecule has 2 aromatic rings. The van der Waals surface area contributed by atoms with Gasteiger partial charge in [0.05, 0.1) is 0 Å². The highest BCUT2D eigenvalue weighted by Crippen LogP contribution is 2.25. The number of aromatic amines is 1. The Morgan fingerprint density at radius 3 is 3.09 bits per heavy atom. The van der Waals surface area contributed by atoms with Gasteiger partial charge >= 0.3 is 0 Å². The third kappa shape index (κ3) is 3.35. The molecule has 0 aliphatic carbocycles. The molecule has 2 N–H and O–H groups in total. The lowest BCUT2D eigenvalue weighted by Gasteiger charge is -2.33. The number of nitrogens with one attached hydrogen (secondary N) is 2. The average Bonchev–Trinajstić information content (AvgIpc) is 2.57. The Labute approximate surface area is 137 Å². The summed E-state index contributed by atoms with van der Waals surface area (Å²) in [5.74, 6) is 0.0831. The average molecular weight is 338 g/mol. The Bertz CT molecular complexity index is 766. The zero-order valence-electron chi connectivity index (χ0n) is 12.6. The largest absolute Gasteiger partial charge is 0.354 e. The first-order chi connectivity index (χ1) is 11.1. The first kappa shape index (κ1) is 15.9. The van der Waals surface area contributed by atoms with Crippen LogP contribution < -0.4 is 15.8 Å². The fourth-order valence-corrected chi connectivity index (χ4v) is 2.96. The predicted octanol–water partition coefficient (Wildman–Crippen LogP) is 1.81. The van der Waals surface area contributed by atoms with Gasteiger partial charge in [0.15, 0.2) is 5.82 Å². The van der Waals surface area contributed by atoms with Crippen molar-refractivity contribution in [1.82, 2.24) is 20.3 Å². The quantitative estimate of drug-likeness (QED) is 0.836. The Morgan fingerprint density at radius 1 is 1.52 bits per heavy atom. The van der Waals surface area contributed by atoms with E-state index in [1.807, 2.05) is 11.9 Å². The Morgan fingerprint density at radius 2 is 2.35 bits per heavy atom. The van der Waals surface area contributed by atoms with Crippen molar-refractivity contribution in [3.05, 3.63) is 39.7 Å². The van der Waals surface area contributed by atoms with Crippen molar-refractivity contribution in [2.24, 2.45) is 0 Å². The predicted molar refractivity (Wildman–Crippen MR) is 87.4 cm³/mol. The normalized spacial score (nSPS) is 18.2. The summed E-state index contributed by atoms with van der Waals surface area (Å²) in [4.78, 5) is 24.7. The Kier molecular flexibility index (Phi) is 4.58. The summed E-state index contributed by atoms with van der Waals surface area (Å²) >= 11 is 6.15. The molecule has 1 aliphatic rings. The summed E-state index contributed by atoms with van der Waals surface area (Å²) in [5.41, 5.74) is 0.0187. The van der Waals surface area contributed by atoms with Crippen molar-refractivity contribution in [2.75, 3.05) is 25.0 Å². The van der Waals surface area contributed by atoms with E-state index in [2.05, 4.69) is 20.3 Å². The van der Waals surface area contributed by atoms with E-state index in [4.69, 9.17) is 11.6 Å². The highest BCUT2D eigenvalue weighted by molar-refractivity contribution is 6.32. The lowest BCUT2D eigenvalue weighted by molar-refractivity contribution is 0.447. The lowest BCUT2D eigenvalue weighted by Crippen LogP contribution is -2.45. The highest BCUT2D eigenvalue weighted by atomic mass is 35.5. The Balaban J connectivity index is 2.02. The first-order valence-electron chi connectivity index (χ1n) is 7.42. The summed E-state index contributed by atoms with van der Waals surface area (Å²) in [5, 5.41) is 3.29. The molecule has 3 heterocycles.